The third-order valence-electron chi connectivity index (χ3n) is 3.53. The first-order valence-corrected chi connectivity index (χ1v) is 10.1. The smallest absolute Gasteiger partial charge is 0.240 e. The third kappa shape index (κ3) is 5.18. The average Bonchev–Trinajstić information content (AvgIpc) is 3.27. The molecule has 0 amide bonds. The van der Waals surface area contributed by atoms with E-state index in [1.807, 2.05) is 12.1 Å². The molecule has 118 valence electrons. The monoisotopic (exact) mass is 330 g/mol. The Hall–Kier alpha value is -0.760. The first kappa shape index (κ1) is 16.6. The maximum Gasteiger partial charge on any atom is 0.240 e. The quantitative estimate of drug-likeness (QED) is 0.745. The van der Waals surface area contributed by atoms with E-state index in [9.17, 15) is 12.6 Å². The number of hydrogen-bond acceptors (Lipinski definition) is 4. The molecule has 5 nitrogen and oxygen atoms in total. The lowest BCUT2D eigenvalue weighted by molar-refractivity contribution is 0.580. The molecule has 0 aliphatic heterocycles. The van der Waals surface area contributed by atoms with Crippen LogP contribution in [-0.2, 0) is 27.4 Å². The van der Waals surface area contributed by atoms with Gasteiger partial charge in [0.2, 0.25) is 10.0 Å². The van der Waals surface area contributed by atoms with Crippen LogP contribution in [0.25, 0.3) is 0 Å². The molecule has 1 fully saturated rings. The second-order valence-electron chi connectivity index (χ2n) is 5.46. The van der Waals surface area contributed by atoms with E-state index in [2.05, 4.69) is 10.0 Å². The Morgan fingerprint density at radius 1 is 1.29 bits per heavy atom. The molecule has 2 unspecified atom stereocenters. The fraction of sp³-hybridized carbons (Fsp3) is 0.571. The van der Waals surface area contributed by atoms with Crippen LogP contribution in [0.1, 0.15) is 25.3 Å². The Morgan fingerprint density at radius 2 is 1.90 bits per heavy atom. The molecule has 0 heterocycles. The second-order valence-corrected chi connectivity index (χ2v) is 9.03. The van der Waals surface area contributed by atoms with Crippen molar-refractivity contribution in [1.82, 2.24) is 10.0 Å². The van der Waals surface area contributed by atoms with Gasteiger partial charge in [0.25, 0.3) is 0 Å². The van der Waals surface area contributed by atoms with Gasteiger partial charge in [0.05, 0.1) is 4.90 Å². The molecule has 1 saturated carbocycles. The van der Waals surface area contributed by atoms with E-state index < -0.39 is 20.8 Å². The maximum atomic E-state index is 12.1. The summed E-state index contributed by atoms with van der Waals surface area (Å²) in [5.41, 5.74) is 1.07. The molecule has 0 saturated heterocycles. The molecule has 0 radical (unpaired) electrons. The van der Waals surface area contributed by atoms with E-state index in [-0.39, 0.29) is 16.7 Å². The van der Waals surface area contributed by atoms with Gasteiger partial charge in [-0.2, -0.15) is 0 Å². The number of sulfonamides is 1. The van der Waals surface area contributed by atoms with E-state index in [1.165, 1.54) is 12.8 Å². The predicted octanol–water partition coefficient (Wildman–Crippen LogP) is 0.984. The zero-order valence-electron chi connectivity index (χ0n) is 12.3. The summed E-state index contributed by atoms with van der Waals surface area (Å²) in [4.78, 5) is 0.242. The van der Waals surface area contributed by atoms with E-state index >= 15 is 0 Å². The summed E-state index contributed by atoms with van der Waals surface area (Å²) >= 11 is 0. The highest BCUT2D eigenvalue weighted by atomic mass is 32.2. The van der Waals surface area contributed by atoms with Gasteiger partial charge in [-0.3, -0.25) is 4.21 Å². The molecule has 1 aromatic rings. The van der Waals surface area contributed by atoms with E-state index in [0.717, 1.165) is 12.1 Å². The summed E-state index contributed by atoms with van der Waals surface area (Å²) in [7, 11) is -4.57. The average molecular weight is 330 g/mol. The van der Waals surface area contributed by atoms with Gasteiger partial charge in [-0.25, -0.2) is 13.1 Å². The van der Waals surface area contributed by atoms with Crippen molar-refractivity contribution in [2.24, 2.45) is 0 Å². The molecule has 21 heavy (non-hydrogen) atoms. The SMILES string of the molecule is CC(CNS(=O)(=O)c1ccc(CNC2CC2)cc1)S(C)=O. The van der Waals surface area contributed by atoms with Crippen LogP contribution in [-0.4, -0.2) is 36.7 Å². The second kappa shape index (κ2) is 7.00. The van der Waals surface area contributed by atoms with Crippen molar-refractivity contribution in [2.75, 3.05) is 12.8 Å². The number of rotatable bonds is 8. The van der Waals surface area contributed by atoms with Gasteiger partial charge in [-0.05, 0) is 37.5 Å². The van der Waals surface area contributed by atoms with Crippen LogP contribution in [0.5, 0.6) is 0 Å². The van der Waals surface area contributed by atoms with Gasteiger partial charge < -0.3 is 5.32 Å². The first-order chi connectivity index (χ1) is 9.88. The van der Waals surface area contributed by atoms with Crippen LogP contribution in [0, 0.1) is 0 Å². The molecular weight excluding hydrogens is 308 g/mol. The minimum Gasteiger partial charge on any atom is -0.310 e. The topological polar surface area (TPSA) is 75.3 Å². The van der Waals surface area contributed by atoms with Gasteiger partial charge in [0.1, 0.15) is 0 Å². The highest BCUT2D eigenvalue weighted by Crippen LogP contribution is 2.19. The predicted molar refractivity (Wildman–Crippen MR) is 85.0 cm³/mol. The van der Waals surface area contributed by atoms with Crippen LogP contribution in [0.15, 0.2) is 29.2 Å². The fourth-order valence-corrected chi connectivity index (χ4v) is 3.32. The minimum atomic E-state index is -3.53. The maximum absolute atomic E-state index is 12.1. The van der Waals surface area contributed by atoms with E-state index in [0.29, 0.717) is 6.04 Å². The summed E-state index contributed by atoms with van der Waals surface area (Å²) in [6, 6.07) is 7.50. The summed E-state index contributed by atoms with van der Waals surface area (Å²) in [6.45, 7) is 2.70. The molecule has 1 aliphatic carbocycles. The highest BCUT2D eigenvalue weighted by Gasteiger charge is 2.20. The summed E-state index contributed by atoms with van der Waals surface area (Å²) in [5, 5.41) is 3.18. The van der Waals surface area contributed by atoms with Crippen LogP contribution in [0.2, 0.25) is 0 Å². The molecule has 2 atom stereocenters. The lowest BCUT2D eigenvalue weighted by atomic mass is 10.2. The molecular formula is C14H22N2O3S2. The minimum absolute atomic E-state index is 0.177. The standard InChI is InChI=1S/C14H22N2O3S2/c1-11(20(2)17)9-16-21(18,19)14-7-3-12(4-8-14)10-15-13-5-6-13/h3-4,7-8,11,13,15-16H,5-6,9-10H2,1-2H3. The summed E-state index contributed by atoms with van der Waals surface area (Å²) < 4.78 is 38.0. The van der Waals surface area contributed by atoms with Gasteiger partial charge >= 0.3 is 0 Å². The summed E-state index contributed by atoms with van der Waals surface area (Å²) in [6.07, 6.45) is 4.03. The fourth-order valence-electron chi connectivity index (χ4n) is 1.76. The number of nitrogens with one attached hydrogen (secondary N) is 2. The van der Waals surface area contributed by atoms with Gasteiger partial charge in [-0.15, -0.1) is 0 Å². The van der Waals surface area contributed by atoms with Crippen LogP contribution in [0.3, 0.4) is 0 Å². The number of benzene rings is 1. The van der Waals surface area contributed by atoms with Crippen molar-refractivity contribution in [3.63, 3.8) is 0 Å². The van der Waals surface area contributed by atoms with Crippen molar-refractivity contribution in [3.8, 4) is 0 Å². The van der Waals surface area contributed by atoms with Crippen LogP contribution >= 0.6 is 0 Å². The van der Waals surface area contributed by atoms with Crippen molar-refractivity contribution < 1.29 is 12.6 Å². The largest absolute Gasteiger partial charge is 0.310 e. The van der Waals surface area contributed by atoms with Gasteiger partial charge in [0.15, 0.2) is 0 Å². The van der Waals surface area contributed by atoms with Gasteiger partial charge in [-0.1, -0.05) is 12.1 Å². The van der Waals surface area contributed by atoms with Gasteiger partial charge in [0, 0.05) is 41.4 Å². The molecule has 2 rings (SSSR count). The Kier molecular flexibility index (Phi) is 5.54. The van der Waals surface area contributed by atoms with Crippen molar-refractivity contribution in [1.29, 1.82) is 0 Å². The number of hydrogen-bond donors (Lipinski definition) is 2. The third-order valence-corrected chi connectivity index (χ3v) is 6.27. The molecule has 1 aliphatic rings. The van der Waals surface area contributed by atoms with Crippen molar-refractivity contribution in [3.05, 3.63) is 29.8 Å². The molecule has 2 N–H and O–H groups in total. The normalized spacial score (nSPS) is 18.4. The lowest BCUT2D eigenvalue weighted by Gasteiger charge is -2.11. The van der Waals surface area contributed by atoms with E-state index in [4.69, 9.17) is 0 Å². The Labute approximate surface area is 129 Å². The summed E-state index contributed by atoms with van der Waals surface area (Å²) in [5.74, 6) is 0. The molecule has 1 aromatic carbocycles. The first-order valence-electron chi connectivity index (χ1n) is 7.02. The zero-order valence-corrected chi connectivity index (χ0v) is 14.0. The Morgan fingerprint density at radius 3 is 2.43 bits per heavy atom. The van der Waals surface area contributed by atoms with Crippen LogP contribution in [0.4, 0.5) is 0 Å². The molecule has 0 bridgehead atoms. The zero-order chi connectivity index (χ0) is 15.5. The Balaban J connectivity index is 1.93. The lowest BCUT2D eigenvalue weighted by Crippen LogP contribution is -2.32. The Bertz CT molecular complexity index is 595. The van der Waals surface area contributed by atoms with Crippen molar-refractivity contribution in [2.45, 2.75) is 42.5 Å². The molecule has 7 heteroatoms. The molecule has 0 spiro atoms. The highest BCUT2D eigenvalue weighted by molar-refractivity contribution is 7.89. The molecule has 0 aromatic heterocycles. The van der Waals surface area contributed by atoms with E-state index in [1.54, 1.807) is 25.3 Å². The van der Waals surface area contributed by atoms with Crippen molar-refractivity contribution >= 4 is 20.8 Å². The van der Waals surface area contributed by atoms with Crippen LogP contribution < -0.4 is 10.0 Å².